The van der Waals surface area contributed by atoms with Gasteiger partial charge in [0.2, 0.25) is 0 Å². The van der Waals surface area contributed by atoms with Gasteiger partial charge in [-0.1, -0.05) is 0 Å². The summed E-state index contributed by atoms with van der Waals surface area (Å²) in [6, 6.07) is 15.8. The van der Waals surface area contributed by atoms with Gasteiger partial charge in [0.1, 0.15) is 0 Å². The predicted octanol–water partition coefficient (Wildman–Crippen LogP) is 0.296. The van der Waals surface area contributed by atoms with Gasteiger partial charge in [-0.25, -0.2) is 0 Å². The number of hydrogen-bond acceptors (Lipinski definition) is 0. The molecule has 0 radical (unpaired) electrons. The Kier molecular flexibility index (Phi) is 17.7. The molecule has 0 aromatic heterocycles. The van der Waals surface area contributed by atoms with Crippen molar-refractivity contribution in [3.8, 4) is 0 Å². The van der Waals surface area contributed by atoms with E-state index in [-0.39, 0.29) is 40.6 Å². The number of benzene rings is 3. The minimum Gasteiger partial charge on any atom is -1.00 e. The molecule has 1 aliphatic rings. The predicted molar refractivity (Wildman–Crippen MR) is 276 cm³/mol. The fraction of sp³-hybridized carbons (Fsp3) is 0.542. The molecule has 59 heavy (non-hydrogen) atoms. The Hall–Kier alpha value is 0.242. The first-order valence-corrected chi connectivity index (χ1v) is 45.3. The van der Waals surface area contributed by atoms with Gasteiger partial charge in [-0.2, -0.15) is 0 Å². The largest absolute Gasteiger partial charge is 1.00 e. The molecule has 3 aromatic carbocycles. The van der Waals surface area contributed by atoms with Crippen molar-refractivity contribution in [3.05, 3.63) is 75.4 Å². The van der Waals surface area contributed by atoms with Crippen LogP contribution in [0.2, 0.25) is 121 Å². The third-order valence-electron chi connectivity index (χ3n) is 13.4. The fourth-order valence-electron chi connectivity index (χ4n) is 11.0. The molecule has 11 heteroatoms. The van der Waals surface area contributed by atoms with Crippen LogP contribution in [0.25, 0.3) is 0 Å². The van der Waals surface area contributed by atoms with E-state index in [0.29, 0.717) is 0 Å². The summed E-state index contributed by atoms with van der Waals surface area (Å²) in [6.45, 7) is 66.0. The Bertz CT molecular complexity index is 1920. The zero-order valence-corrected chi connectivity index (χ0v) is 52.9. The van der Waals surface area contributed by atoms with Crippen LogP contribution >= 0.6 is 0 Å². The van der Waals surface area contributed by atoms with E-state index in [1.54, 1.807) is 70.1 Å². The summed E-state index contributed by atoms with van der Waals surface area (Å²) < 4.78 is -0.162. The first-order chi connectivity index (χ1) is 24.9. The van der Waals surface area contributed by atoms with Crippen molar-refractivity contribution in [3.63, 3.8) is 0 Å². The summed E-state index contributed by atoms with van der Waals surface area (Å²) >= 11 is 2.84. The SMILES string of the molecule is CC1=C(C)[C]([Ti+3])([Si](c2c([Si](C)(C)C)ccc(C)c2[Si](C)(C)C)(c2c([Si](C)(C)C)ccc(C)c2[Si](C)(C)C)c2c([Si](C)(C)C)ccc(C)c2[Si](C)(C)C)C(C)=C1C.[Cl-].[Cl-].[Cl-]. The van der Waals surface area contributed by atoms with Crippen LogP contribution in [0.15, 0.2) is 58.7 Å². The van der Waals surface area contributed by atoms with Crippen LogP contribution in [0.4, 0.5) is 0 Å². The van der Waals surface area contributed by atoms with E-state index in [1.807, 2.05) is 15.6 Å². The number of halogens is 3. The summed E-state index contributed by atoms with van der Waals surface area (Å²) in [5.41, 5.74) is 11.0. The number of hydrogen-bond donors (Lipinski definition) is 0. The van der Waals surface area contributed by atoms with Gasteiger partial charge in [0.25, 0.3) is 0 Å². The van der Waals surface area contributed by atoms with Gasteiger partial charge >= 0.3 is 369 Å². The molecule has 326 valence electrons. The molecule has 0 bridgehead atoms. The van der Waals surface area contributed by atoms with E-state index in [0.717, 1.165) is 0 Å². The van der Waals surface area contributed by atoms with E-state index in [9.17, 15) is 0 Å². The molecular weight excluding hydrogens is 927 g/mol. The zero-order chi connectivity index (χ0) is 43.5. The van der Waals surface area contributed by atoms with Gasteiger partial charge in [0, 0.05) is 0 Å². The van der Waals surface area contributed by atoms with E-state index in [1.165, 1.54) is 0 Å². The maximum atomic E-state index is 2.84. The van der Waals surface area contributed by atoms with Crippen LogP contribution < -0.4 is 83.9 Å². The summed E-state index contributed by atoms with van der Waals surface area (Å²) in [6.07, 6.45) is 0. The molecule has 0 heterocycles. The molecule has 0 aliphatic heterocycles. The fourth-order valence-corrected chi connectivity index (χ4v) is 41.2. The normalized spacial score (nSPS) is 15.6. The molecule has 0 amide bonds. The van der Waals surface area contributed by atoms with Crippen LogP contribution in [0, 0.1) is 20.8 Å². The van der Waals surface area contributed by atoms with Crippen molar-refractivity contribution in [2.45, 2.75) is 170 Å². The van der Waals surface area contributed by atoms with Crippen molar-refractivity contribution < 1.29 is 57.7 Å². The van der Waals surface area contributed by atoms with Crippen molar-refractivity contribution in [2.24, 2.45) is 0 Å². The second-order valence-electron chi connectivity index (χ2n) is 24.0. The van der Waals surface area contributed by atoms with Crippen LogP contribution in [0.5, 0.6) is 0 Å². The molecule has 0 spiro atoms. The summed E-state index contributed by atoms with van der Waals surface area (Å²) in [5, 5.41) is 16.3. The third-order valence-corrected chi connectivity index (χ3v) is 36.1. The number of aryl methyl sites for hydroxylation is 3. The van der Waals surface area contributed by atoms with Crippen molar-refractivity contribution in [1.29, 1.82) is 0 Å². The van der Waals surface area contributed by atoms with E-state index < -0.39 is 56.5 Å². The van der Waals surface area contributed by atoms with E-state index in [2.05, 4.69) is 223 Å². The molecule has 0 nitrogen and oxygen atoms in total. The zero-order valence-electron chi connectivity index (χ0n) is 42.1. The topological polar surface area (TPSA) is 0 Å². The average Bonchev–Trinajstić information content (AvgIpc) is 3.13. The molecule has 0 N–H and O–H groups in total. The Morgan fingerprint density at radius 2 is 0.525 bits per heavy atom. The molecule has 3 aromatic rings. The quantitative estimate of drug-likeness (QED) is 0.203. The Morgan fingerprint density at radius 3 is 0.695 bits per heavy atom. The molecule has 0 saturated carbocycles. The molecule has 0 atom stereocenters. The van der Waals surface area contributed by atoms with E-state index in [4.69, 9.17) is 0 Å². The minimum atomic E-state index is -3.25. The maximum Gasteiger partial charge on any atom is -1.00 e. The van der Waals surface area contributed by atoms with E-state index >= 15 is 0 Å². The Balaban J connectivity index is 0.00000580. The Labute approximate surface area is 402 Å². The summed E-state index contributed by atoms with van der Waals surface area (Å²) in [5.74, 6) is 0. The molecular formula is C48H81Cl3Si7Ti. The first kappa shape index (κ1) is 57.3. The maximum absolute atomic E-state index is 3.25. The average molecular weight is 1010 g/mol. The van der Waals surface area contributed by atoms with Crippen LogP contribution in [0.1, 0.15) is 44.4 Å². The van der Waals surface area contributed by atoms with Crippen molar-refractivity contribution in [2.75, 3.05) is 0 Å². The van der Waals surface area contributed by atoms with Gasteiger partial charge < -0.3 is 37.2 Å². The smallest absolute Gasteiger partial charge is 1.00 e. The number of rotatable bonds is 10. The van der Waals surface area contributed by atoms with Gasteiger partial charge in [0.15, 0.2) is 0 Å². The van der Waals surface area contributed by atoms with Crippen molar-refractivity contribution in [1.82, 2.24) is 0 Å². The van der Waals surface area contributed by atoms with Gasteiger partial charge in [0.05, 0.1) is 0 Å². The second-order valence-corrected chi connectivity index (χ2v) is 59.9. The molecule has 4 rings (SSSR count). The standard InChI is InChI=1S/C48H81Si7.3ClH.Ti/c1-32-26-29-39(49(8,9)10)46(42(32)52(17,18)19)55(45-37(6)35(4)36(5)38(45)7,47-40(50(11,12)13)30-27-33(2)43(47)53(20,21)22)48-41(51(14,15)16)31-28-34(3)44(48)54(23,24)25;;;;/h26-31H,1-25H3;3*1H;/q;;;;+3/p-3. The van der Waals surface area contributed by atoms with Crippen molar-refractivity contribution >= 4 is 103 Å². The summed E-state index contributed by atoms with van der Waals surface area (Å²) in [4.78, 5) is 0. The molecule has 1 aliphatic carbocycles. The molecule has 0 fully saturated rings. The third kappa shape index (κ3) is 9.64. The van der Waals surface area contributed by atoms with Gasteiger partial charge in [-0.15, -0.1) is 0 Å². The first-order valence-electron chi connectivity index (χ1n) is 21.5. The Morgan fingerprint density at radius 1 is 0.322 bits per heavy atom. The monoisotopic (exact) mass is 1010 g/mol. The van der Waals surface area contributed by atoms with Gasteiger partial charge in [-0.3, -0.25) is 0 Å². The summed E-state index contributed by atoms with van der Waals surface area (Å²) in [7, 11) is -15.1. The second kappa shape index (κ2) is 18.3. The minimum absolute atomic E-state index is 0. The molecule has 0 unspecified atom stereocenters. The van der Waals surface area contributed by atoms with Crippen LogP contribution in [-0.2, 0) is 20.4 Å². The van der Waals surface area contributed by atoms with Crippen LogP contribution in [-0.4, -0.2) is 56.5 Å². The molecule has 0 saturated heterocycles. The van der Waals surface area contributed by atoms with Crippen LogP contribution in [0.3, 0.4) is 0 Å². The van der Waals surface area contributed by atoms with Gasteiger partial charge in [-0.05, 0) is 0 Å². The number of allylic oxidation sites excluding steroid dienone is 4.